The predicted octanol–water partition coefficient (Wildman–Crippen LogP) is 10.7. The maximum Gasteiger partial charge on any atom is 0.192 e. The molecule has 0 spiro atoms. The molecule has 1 N–H and O–H groups in total. The Morgan fingerprint density at radius 2 is 1.02 bits per heavy atom. The van der Waals surface area contributed by atoms with Crippen LogP contribution in [0.2, 0.25) is 54.4 Å². The molecule has 1 aliphatic rings. The van der Waals surface area contributed by atoms with Gasteiger partial charge in [-0.1, -0.05) is 120 Å². The Morgan fingerprint density at radius 3 is 1.43 bits per heavy atom. The molecule has 9 heteroatoms. The van der Waals surface area contributed by atoms with Gasteiger partial charge < -0.3 is 27.9 Å². The highest BCUT2D eigenvalue weighted by Gasteiger charge is 2.52. The van der Waals surface area contributed by atoms with Crippen LogP contribution in [0.5, 0.6) is 0 Å². The van der Waals surface area contributed by atoms with E-state index in [-0.39, 0.29) is 60.8 Å². The Bertz CT molecular complexity index is 994. The van der Waals surface area contributed by atoms with Gasteiger partial charge >= 0.3 is 0 Å². The van der Waals surface area contributed by atoms with E-state index in [1.807, 2.05) is 0 Å². The van der Waals surface area contributed by atoms with Crippen LogP contribution in [0.15, 0.2) is 30.3 Å². The highest BCUT2D eigenvalue weighted by Crippen LogP contribution is 2.43. The van der Waals surface area contributed by atoms with Gasteiger partial charge in [0.05, 0.1) is 44.2 Å². The zero-order valence-corrected chi connectivity index (χ0v) is 37.1. The molecule has 286 valence electrons. The largest absolute Gasteiger partial charge is 0.413 e. The highest BCUT2D eigenvalue weighted by molar-refractivity contribution is 6.74. The monoisotopic (exact) mass is 739 g/mol. The third kappa shape index (κ3) is 11.8. The van der Waals surface area contributed by atoms with E-state index in [9.17, 15) is 5.11 Å². The lowest BCUT2D eigenvalue weighted by Crippen LogP contribution is -2.56. The molecule has 2 rings (SSSR count). The van der Waals surface area contributed by atoms with Crippen LogP contribution in [-0.4, -0.2) is 73.8 Å². The fourth-order valence-electron chi connectivity index (χ4n) is 8.35. The van der Waals surface area contributed by atoms with Crippen LogP contribution in [0.1, 0.15) is 95.6 Å². The Kier molecular flexibility index (Phi) is 19.5. The molecule has 6 nitrogen and oxygen atoms in total. The van der Waals surface area contributed by atoms with Crippen LogP contribution >= 0.6 is 0 Å². The molecule has 0 aromatic heterocycles. The second-order valence-electron chi connectivity index (χ2n) is 15.4. The first-order valence-electron chi connectivity index (χ1n) is 20.3. The van der Waals surface area contributed by atoms with E-state index in [1.54, 1.807) is 0 Å². The van der Waals surface area contributed by atoms with Crippen molar-refractivity contribution in [1.29, 1.82) is 0 Å². The summed E-state index contributed by atoms with van der Waals surface area (Å²) >= 11 is 0. The molecule has 0 radical (unpaired) electrons. The summed E-state index contributed by atoms with van der Waals surface area (Å²) in [6, 6.07) is 20.4. The van der Waals surface area contributed by atoms with Gasteiger partial charge in [0, 0.05) is 23.7 Å². The maximum atomic E-state index is 10.0. The Hall–Kier alpha value is -0.369. The van der Waals surface area contributed by atoms with E-state index in [2.05, 4.69) is 120 Å². The minimum Gasteiger partial charge on any atom is -0.413 e. The van der Waals surface area contributed by atoms with Gasteiger partial charge in [-0.15, -0.1) is 0 Å². The third-order valence-corrected chi connectivity index (χ3v) is 26.8. The quantitative estimate of drug-likeness (QED) is 0.0716. The molecule has 1 fully saturated rings. The summed E-state index contributed by atoms with van der Waals surface area (Å²) < 4.78 is 35.3. The van der Waals surface area contributed by atoms with Crippen LogP contribution in [0.4, 0.5) is 0 Å². The fraction of sp³-hybridized carbons (Fsp3) is 0.850. The first kappa shape index (κ1) is 44.8. The number of benzene rings is 1. The molecular formula is C40H78O6Si3. The Morgan fingerprint density at radius 1 is 0.612 bits per heavy atom. The van der Waals surface area contributed by atoms with Gasteiger partial charge in [-0.25, -0.2) is 0 Å². The molecule has 0 saturated carbocycles. The van der Waals surface area contributed by atoms with Crippen molar-refractivity contribution in [3.05, 3.63) is 35.9 Å². The number of rotatable bonds is 27. The molecule has 1 aromatic carbocycles. The summed E-state index contributed by atoms with van der Waals surface area (Å²) in [6.07, 6.45) is -0.107. The van der Waals surface area contributed by atoms with Gasteiger partial charge in [-0.05, 0) is 60.0 Å². The summed E-state index contributed by atoms with van der Waals surface area (Å²) in [6.45, 7) is 31.7. The number of ether oxygens (including phenoxy) is 2. The van der Waals surface area contributed by atoms with Crippen LogP contribution in [0, 0.1) is 23.7 Å². The molecule has 1 heterocycles. The summed E-state index contributed by atoms with van der Waals surface area (Å²) in [4.78, 5) is 0. The SMILES string of the molecule is CC[Si](CC)(CC)O[C@@H]([C@H](C)[C@H](O[Si](CC)(CC)CC)[C@H](C)[C@H](O[Si](CC)(CC)CC)[C@H](C)COCc1ccccc1)[C@H](C)[C@H]1O[C@@H]1CO. The van der Waals surface area contributed by atoms with Crippen LogP contribution in [0.25, 0.3) is 0 Å². The molecule has 0 bridgehead atoms. The van der Waals surface area contributed by atoms with Crippen molar-refractivity contribution in [2.24, 2.45) is 23.7 Å². The summed E-state index contributed by atoms with van der Waals surface area (Å²) in [5.41, 5.74) is 1.20. The Balaban J connectivity index is 2.64. The molecular weight excluding hydrogens is 661 g/mol. The second kappa shape index (κ2) is 21.4. The number of hydrogen-bond acceptors (Lipinski definition) is 6. The average molecular weight is 739 g/mol. The van der Waals surface area contributed by atoms with Crippen LogP contribution in [-0.2, 0) is 29.4 Å². The standard InChI is InChI=1S/C40H78O6Si3/c1-14-47(15-2,16-3)44-37(31(10)29-42-30-35-26-24-23-25-27-35)32(11)38(45-48(17-4,18-5)19-6)33(12)39(34(13)40-36(28-41)43-40)46-49(20-7,21-8)22-9/h23-27,31-34,36-41H,14-22,28-30H2,1-13H3/t31-,32-,33-,34+,36-,37-,38-,39+,40-/m1/s1. The first-order chi connectivity index (χ1) is 23.4. The minimum absolute atomic E-state index is 0.0101. The van der Waals surface area contributed by atoms with Crippen molar-refractivity contribution in [3.8, 4) is 0 Å². The van der Waals surface area contributed by atoms with Crippen molar-refractivity contribution in [3.63, 3.8) is 0 Å². The fourth-order valence-corrected chi connectivity index (χ4v) is 17.4. The normalized spacial score (nSPS) is 21.5. The number of epoxide rings is 1. The molecule has 0 amide bonds. The zero-order valence-electron chi connectivity index (χ0n) is 34.1. The summed E-state index contributed by atoms with van der Waals surface area (Å²) in [5, 5.41) is 10.0. The van der Waals surface area contributed by atoms with E-state index >= 15 is 0 Å². The molecule has 1 aromatic rings. The van der Waals surface area contributed by atoms with Crippen molar-refractivity contribution in [2.45, 2.75) is 182 Å². The first-order valence-corrected chi connectivity index (χ1v) is 27.9. The maximum absolute atomic E-state index is 10.0. The van der Waals surface area contributed by atoms with E-state index in [0.29, 0.717) is 13.2 Å². The molecule has 49 heavy (non-hydrogen) atoms. The van der Waals surface area contributed by atoms with E-state index in [1.165, 1.54) is 5.56 Å². The van der Waals surface area contributed by atoms with Gasteiger partial charge in [0.2, 0.25) is 0 Å². The highest BCUT2D eigenvalue weighted by atomic mass is 28.4. The zero-order chi connectivity index (χ0) is 36.8. The topological polar surface area (TPSA) is 69.7 Å². The van der Waals surface area contributed by atoms with Gasteiger partial charge in [-0.3, -0.25) is 0 Å². The van der Waals surface area contributed by atoms with Crippen molar-refractivity contribution >= 4 is 25.0 Å². The minimum atomic E-state index is -2.03. The molecule has 1 saturated heterocycles. The number of aliphatic hydroxyl groups excluding tert-OH is 1. The van der Waals surface area contributed by atoms with Crippen molar-refractivity contribution in [2.75, 3.05) is 13.2 Å². The third-order valence-electron chi connectivity index (χ3n) is 12.9. The van der Waals surface area contributed by atoms with E-state index in [4.69, 9.17) is 22.8 Å². The predicted molar refractivity (Wildman–Crippen MR) is 215 cm³/mol. The van der Waals surface area contributed by atoms with Crippen molar-refractivity contribution < 1.29 is 27.9 Å². The lowest BCUT2D eigenvalue weighted by Gasteiger charge is -2.48. The van der Waals surface area contributed by atoms with Crippen LogP contribution in [0.3, 0.4) is 0 Å². The second-order valence-corrected chi connectivity index (χ2v) is 29.5. The van der Waals surface area contributed by atoms with Crippen molar-refractivity contribution in [1.82, 2.24) is 0 Å². The molecule has 0 aliphatic carbocycles. The Labute approximate surface area is 306 Å². The van der Waals surface area contributed by atoms with Gasteiger partial charge in [0.1, 0.15) is 6.10 Å². The smallest absolute Gasteiger partial charge is 0.192 e. The molecule has 9 atom stereocenters. The molecule has 1 aliphatic heterocycles. The summed E-state index contributed by atoms with van der Waals surface area (Å²) in [7, 11) is -5.98. The van der Waals surface area contributed by atoms with Gasteiger partial charge in [-0.2, -0.15) is 0 Å². The lowest BCUT2D eigenvalue weighted by atomic mass is 9.79. The number of hydrogen-bond donors (Lipinski definition) is 1. The number of aliphatic hydroxyl groups is 1. The lowest BCUT2D eigenvalue weighted by molar-refractivity contribution is -0.0656. The van der Waals surface area contributed by atoms with Crippen LogP contribution < -0.4 is 0 Å². The molecule has 0 unspecified atom stereocenters. The average Bonchev–Trinajstić information content (AvgIpc) is 3.94. The van der Waals surface area contributed by atoms with E-state index < -0.39 is 25.0 Å². The summed E-state index contributed by atoms with van der Waals surface area (Å²) in [5.74, 6) is 0.633. The van der Waals surface area contributed by atoms with Gasteiger partial charge in [0.25, 0.3) is 0 Å². The van der Waals surface area contributed by atoms with Gasteiger partial charge in [0.15, 0.2) is 25.0 Å². The van der Waals surface area contributed by atoms with E-state index in [0.717, 1.165) is 54.4 Å².